The van der Waals surface area contributed by atoms with Crippen LogP contribution in [0.3, 0.4) is 0 Å². The van der Waals surface area contributed by atoms with E-state index in [-0.39, 0.29) is 16.9 Å². The first kappa shape index (κ1) is 21.8. The molecule has 9 heteroatoms. The number of ketones is 2. The zero-order valence-corrected chi connectivity index (χ0v) is 16.7. The van der Waals surface area contributed by atoms with Gasteiger partial charge in [-0.2, -0.15) is 0 Å². The highest BCUT2D eigenvalue weighted by Gasteiger charge is 2.74. The fourth-order valence-corrected chi connectivity index (χ4v) is 3.74. The fourth-order valence-electron chi connectivity index (χ4n) is 3.74. The van der Waals surface area contributed by atoms with E-state index in [0.29, 0.717) is 0 Å². The Morgan fingerprint density at radius 2 is 1.90 bits per heavy atom. The molecule has 1 fully saturated rings. The molecule has 0 aromatic heterocycles. The van der Waals surface area contributed by atoms with Crippen molar-refractivity contribution >= 4 is 17.5 Å². The molecule has 0 bridgehead atoms. The molecule has 0 saturated carbocycles. The van der Waals surface area contributed by atoms with Crippen molar-refractivity contribution in [3.05, 3.63) is 59.4 Å². The topological polar surface area (TPSA) is 142 Å². The third-order valence-electron chi connectivity index (χ3n) is 5.40. The lowest BCUT2D eigenvalue weighted by Gasteiger charge is -2.32. The van der Waals surface area contributed by atoms with Crippen molar-refractivity contribution in [3.8, 4) is 0 Å². The van der Waals surface area contributed by atoms with Crippen LogP contribution in [-0.2, 0) is 19.1 Å². The van der Waals surface area contributed by atoms with E-state index in [1.165, 1.54) is 31.2 Å². The molecule has 1 amide bonds. The maximum atomic E-state index is 13.1. The number of aliphatic hydroxyl groups is 3. The Balaban J connectivity index is 2.02. The van der Waals surface area contributed by atoms with Gasteiger partial charge in [-0.1, -0.05) is 42.5 Å². The van der Waals surface area contributed by atoms with E-state index < -0.39 is 47.1 Å². The zero-order valence-electron chi connectivity index (χ0n) is 16.7. The summed E-state index contributed by atoms with van der Waals surface area (Å²) >= 11 is 0. The molecule has 2 aliphatic rings. The van der Waals surface area contributed by atoms with Gasteiger partial charge in [-0.05, 0) is 13.8 Å². The fraction of sp³-hybridized carbons (Fsp3) is 0.381. The average molecular weight is 417 g/mol. The number of carbonyl (C=O) groups is 3. The molecule has 0 aliphatic carbocycles. The molecule has 2 aliphatic heterocycles. The molecule has 3 unspecified atom stereocenters. The number of rotatable bonds is 6. The summed E-state index contributed by atoms with van der Waals surface area (Å²) in [4.78, 5) is 39.0. The summed E-state index contributed by atoms with van der Waals surface area (Å²) in [5.74, 6) is -3.17. The Labute approximate surface area is 172 Å². The Hall–Kier alpha value is -2.85. The number of methoxy groups -OCH3 is 1. The summed E-state index contributed by atoms with van der Waals surface area (Å²) in [7, 11) is 1.11. The van der Waals surface area contributed by atoms with Gasteiger partial charge >= 0.3 is 0 Å². The van der Waals surface area contributed by atoms with Crippen LogP contribution < -0.4 is 5.32 Å². The van der Waals surface area contributed by atoms with E-state index in [2.05, 4.69) is 5.32 Å². The molecule has 1 aromatic carbocycles. The predicted octanol–water partition coefficient (Wildman–Crippen LogP) is -0.387. The lowest BCUT2D eigenvalue weighted by Crippen LogP contribution is -2.60. The van der Waals surface area contributed by atoms with Crippen LogP contribution in [0.1, 0.15) is 24.2 Å². The number of carbonyl (C=O) groups excluding carboxylic acids is 3. The minimum absolute atomic E-state index is 0.134. The number of allylic oxidation sites excluding steroid dienone is 1. The number of Topliss-reactive ketones (excluding diaryl/α,β-unsaturated/α-hetero) is 2. The summed E-state index contributed by atoms with van der Waals surface area (Å²) in [6.45, 7) is 2.92. The van der Waals surface area contributed by atoms with Crippen molar-refractivity contribution in [3.63, 3.8) is 0 Å². The zero-order chi connectivity index (χ0) is 22.3. The van der Waals surface area contributed by atoms with E-state index >= 15 is 0 Å². The monoisotopic (exact) mass is 417 g/mol. The lowest BCUT2D eigenvalue weighted by atomic mass is 9.85. The van der Waals surface area contributed by atoms with Gasteiger partial charge in [0.1, 0.15) is 18.0 Å². The summed E-state index contributed by atoms with van der Waals surface area (Å²) in [5, 5.41) is 33.7. The number of amides is 1. The van der Waals surface area contributed by atoms with Crippen LogP contribution in [0, 0.1) is 0 Å². The number of hydrogen-bond acceptors (Lipinski definition) is 8. The third-order valence-corrected chi connectivity index (χ3v) is 5.40. The number of benzene rings is 1. The molecular weight excluding hydrogens is 394 g/mol. The van der Waals surface area contributed by atoms with Gasteiger partial charge in [0.25, 0.3) is 11.5 Å². The molecule has 1 aromatic rings. The number of hydrogen-bond donors (Lipinski definition) is 4. The van der Waals surface area contributed by atoms with E-state index in [1.807, 2.05) is 0 Å². The molecule has 3 rings (SSSR count). The van der Waals surface area contributed by atoms with Crippen LogP contribution in [0.2, 0.25) is 0 Å². The standard InChI is InChI=1S/C21H23NO8/c1-4-8-13(23)14(24)15-11(2)16(25)20(30-15)18(27)21(29-3,22-19(20)28)17(26)12-9-6-5-7-10-12/h4-10,13-14,18,23-24,27H,1-3H3,(H,22,28)/b8-4-/t13?,14?,18?,20-,21-/m1/s1. The van der Waals surface area contributed by atoms with Crippen molar-refractivity contribution in [2.45, 2.75) is 43.5 Å². The third kappa shape index (κ3) is 2.90. The van der Waals surface area contributed by atoms with Gasteiger partial charge in [0, 0.05) is 18.2 Å². The minimum Gasteiger partial charge on any atom is -0.467 e. The van der Waals surface area contributed by atoms with Crippen molar-refractivity contribution in [2.75, 3.05) is 7.11 Å². The van der Waals surface area contributed by atoms with Crippen molar-refractivity contribution < 1.29 is 39.2 Å². The predicted molar refractivity (Wildman–Crippen MR) is 103 cm³/mol. The van der Waals surface area contributed by atoms with E-state index in [0.717, 1.165) is 7.11 Å². The second kappa shape index (κ2) is 7.77. The number of ether oxygens (including phenoxy) is 2. The molecule has 9 nitrogen and oxygen atoms in total. The van der Waals surface area contributed by atoms with E-state index in [4.69, 9.17) is 9.47 Å². The Morgan fingerprint density at radius 3 is 2.47 bits per heavy atom. The van der Waals surface area contributed by atoms with Gasteiger partial charge < -0.3 is 30.1 Å². The van der Waals surface area contributed by atoms with Gasteiger partial charge in [0.15, 0.2) is 6.10 Å². The molecule has 2 heterocycles. The summed E-state index contributed by atoms with van der Waals surface area (Å²) in [5.41, 5.74) is -4.83. The van der Waals surface area contributed by atoms with Crippen LogP contribution >= 0.6 is 0 Å². The molecule has 0 radical (unpaired) electrons. The largest absolute Gasteiger partial charge is 0.467 e. The number of nitrogens with one attached hydrogen (secondary N) is 1. The van der Waals surface area contributed by atoms with Crippen LogP contribution in [0.15, 0.2) is 53.8 Å². The highest BCUT2D eigenvalue weighted by atomic mass is 16.6. The molecule has 30 heavy (non-hydrogen) atoms. The van der Waals surface area contributed by atoms with E-state index in [9.17, 15) is 29.7 Å². The molecule has 1 saturated heterocycles. The highest BCUT2D eigenvalue weighted by molar-refractivity contribution is 6.23. The van der Waals surface area contributed by atoms with Crippen molar-refractivity contribution in [2.24, 2.45) is 0 Å². The Kier molecular flexibility index (Phi) is 5.66. The lowest BCUT2D eigenvalue weighted by molar-refractivity contribution is -0.163. The van der Waals surface area contributed by atoms with Gasteiger partial charge in [-0.15, -0.1) is 0 Å². The first-order valence-corrected chi connectivity index (χ1v) is 9.26. The van der Waals surface area contributed by atoms with Gasteiger partial charge in [0.05, 0.1) is 0 Å². The normalized spacial score (nSPS) is 30.7. The summed E-state index contributed by atoms with van der Waals surface area (Å²) in [6, 6.07) is 7.81. The number of aliphatic hydroxyl groups excluding tert-OH is 3. The van der Waals surface area contributed by atoms with Gasteiger partial charge in [-0.25, -0.2) is 0 Å². The van der Waals surface area contributed by atoms with Gasteiger partial charge in [0.2, 0.25) is 17.3 Å². The first-order chi connectivity index (χ1) is 14.2. The second-order valence-electron chi connectivity index (χ2n) is 7.11. The highest BCUT2D eigenvalue weighted by Crippen LogP contribution is 2.44. The molecule has 160 valence electrons. The van der Waals surface area contributed by atoms with Crippen LogP contribution in [-0.4, -0.2) is 69.5 Å². The van der Waals surface area contributed by atoms with Gasteiger partial charge in [-0.3, -0.25) is 14.4 Å². The maximum Gasteiger partial charge on any atom is 0.278 e. The molecule has 1 spiro atoms. The Morgan fingerprint density at radius 1 is 1.27 bits per heavy atom. The summed E-state index contributed by atoms with van der Waals surface area (Å²) < 4.78 is 10.8. The first-order valence-electron chi connectivity index (χ1n) is 9.26. The molecule has 4 N–H and O–H groups in total. The molecular formula is C21H23NO8. The quantitative estimate of drug-likeness (QED) is 0.279. The van der Waals surface area contributed by atoms with Crippen molar-refractivity contribution in [1.82, 2.24) is 5.32 Å². The SMILES string of the molecule is C/C=C\C(O)C(O)C1=C(C)C(=O)[C@]2(O1)C(=O)N[C@@](OC)(C(=O)c1ccccc1)C2O. The van der Waals surface area contributed by atoms with Crippen molar-refractivity contribution in [1.29, 1.82) is 0 Å². The second-order valence-corrected chi connectivity index (χ2v) is 7.11. The van der Waals surface area contributed by atoms with Crippen LogP contribution in [0.25, 0.3) is 0 Å². The smallest absolute Gasteiger partial charge is 0.278 e. The van der Waals surface area contributed by atoms with E-state index in [1.54, 1.807) is 25.1 Å². The van der Waals surface area contributed by atoms with Crippen LogP contribution in [0.5, 0.6) is 0 Å². The average Bonchev–Trinajstić information content (AvgIpc) is 3.15. The Bertz CT molecular complexity index is 940. The summed E-state index contributed by atoms with van der Waals surface area (Å²) in [6.07, 6.45) is -2.38. The maximum absolute atomic E-state index is 13.1. The molecule has 5 atom stereocenters. The minimum atomic E-state index is -2.53. The van der Waals surface area contributed by atoms with Crippen LogP contribution in [0.4, 0.5) is 0 Å².